The van der Waals surface area contributed by atoms with Gasteiger partial charge in [0, 0.05) is 0 Å². The SMILES string of the molecule is CC[C@@H](Oc1ccccc1)C(=O)OCC(=O)Nc1cc(C(F)(F)F)ccc1Cl. The molecule has 0 aliphatic heterocycles. The lowest BCUT2D eigenvalue weighted by molar-refractivity contribution is -0.154. The van der Waals surface area contributed by atoms with Gasteiger partial charge in [-0.25, -0.2) is 4.79 Å². The number of anilines is 1. The van der Waals surface area contributed by atoms with Crippen molar-refractivity contribution in [3.63, 3.8) is 0 Å². The van der Waals surface area contributed by atoms with Crippen molar-refractivity contribution in [3.8, 4) is 5.75 Å². The Morgan fingerprint density at radius 3 is 2.43 bits per heavy atom. The molecule has 0 unspecified atom stereocenters. The van der Waals surface area contributed by atoms with Crippen LogP contribution < -0.4 is 10.1 Å². The molecule has 0 heterocycles. The number of hydrogen-bond acceptors (Lipinski definition) is 4. The van der Waals surface area contributed by atoms with E-state index in [1.54, 1.807) is 37.3 Å². The van der Waals surface area contributed by atoms with E-state index in [4.69, 9.17) is 21.1 Å². The highest BCUT2D eigenvalue weighted by atomic mass is 35.5. The Labute approximate surface area is 164 Å². The number of carbonyl (C=O) groups excluding carboxylic acids is 2. The average molecular weight is 416 g/mol. The van der Waals surface area contributed by atoms with E-state index in [2.05, 4.69) is 5.32 Å². The third-order valence-corrected chi connectivity index (χ3v) is 3.90. The Morgan fingerprint density at radius 1 is 1.14 bits per heavy atom. The normalized spacial score (nSPS) is 12.2. The lowest BCUT2D eigenvalue weighted by Gasteiger charge is -2.16. The van der Waals surface area contributed by atoms with Crippen LogP contribution in [0.1, 0.15) is 18.9 Å². The summed E-state index contributed by atoms with van der Waals surface area (Å²) in [5.41, 5.74) is -1.20. The number of benzene rings is 2. The third-order valence-electron chi connectivity index (χ3n) is 3.57. The molecule has 0 aromatic heterocycles. The second-order valence-electron chi connectivity index (χ2n) is 5.68. The standard InChI is InChI=1S/C19H17ClF3NO4/c1-2-16(28-13-6-4-3-5-7-13)18(26)27-11-17(25)24-15-10-12(19(21,22)23)8-9-14(15)20/h3-10,16H,2,11H2,1H3,(H,24,25)/t16-/m1/s1. The molecule has 1 N–H and O–H groups in total. The van der Waals surface area contributed by atoms with E-state index < -0.39 is 36.3 Å². The molecule has 9 heteroatoms. The molecule has 150 valence electrons. The monoisotopic (exact) mass is 415 g/mol. The molecule has 1 atom stereocenters. The first kappa shape index (κ1) is 21.6. The zero-order valence-corrected chi connectivity index (χ0v) is 15.5. The third kappa shape index (κ3) is 6.16. The molecule has 0 aliphatic rings. The largest absolute Gasteiger partial charge is 0.479 e. The highest BCUT2D eigenvalue weighted by molar-refractivity contribution is 6.33. The number of rotatable bonds is 7. The molecule has 0 saturated carbocycles. The number of ether oxygens (including phenoxy) is 2. The van der Waals surface area contributed by atoms with Crippen molar-refractivity contribution in [3.05, 3.63) is 59.1 Å². The molecular weight excluding hydrogens is 399 g/mol. The Hall–Kier alpha value is -2.74. The van der Waals surface area contributed by atoms with E-state index in [-0.39, 0.29) is 10.7 Å². The molecule has 28 heavy (non-hydrogen) atoms. The van der Waals surface area contributed by atoms with Crippen molar-refractivity contribution in [1.29, 1.82) is 0 Å². The van der Waals surface area contributed by atoms with Crippen LogP contribution in [0.4, 0.5) is 18.9 Å². The van der Waals surface area contributed by atoms with Crippen LogP contribution in [-0.2, 0) is 20.5 Å². The van der Waals surface area contributed by atoms with Gasteiger partial charge in [0.05, 0.1) is 16.3 Å². The smallest absolute Gasteiger partial charge is 0.416 e. The fourth-order valence-electron chi connectivity index (χ4n) is 2.17. The van der Waals surface area contributed by atoms with Crippen LogP contribution in [0, 0.1) is 0 Å². The highest BCUT2D eigenvalue weighted by Gasteiger charge is 2.31. The molecule has 2 aromatic carbocycles. The molecule has 0 aliphatic carbocycles. The summed E-state index contributed by atoms with van der Waals surface area (Å²) >= 11 is 5.81. The first-order valence-corrected chi connectivity index (χ1v) is 8.63. The summed E-state index contributed by atoms with van der Waals surface area (Å²) in [7, 11) is 0. The minimum atomic E-state index is -4.58. The van der Waals surface area contributed by atoms with Crippen LogP contribution in [0.3, 0.4) is 0 Å². The van der Waals surface area contributed by atoms with Crippen LogP contribution in [0.25, 0.3) is 0 Å². The summed E-state index contributed by atoms with van der Waals surface area (Å²) in [5.74, 6) is -1.13. The Morgan fingerprint density at radius 2 is 1.82 bits per heavy atom. The fourth-order valence-corrected chi connectivity index (χ4v) is 2.34. The first-order valence-electron chi connectivity index (χ1n) is 8.25. The van der Waals surface area contributed by atoms with Crippen LogP contribution in [0.2, 0.25) is 5.02 Å². The van der Waals surface area contributed by atoms with Gasteiger partial charge in [-0.15, -0.1) is 0 Å². The summed E-state index contributed by atoms with van der Waals surface area (Å²) in [4.78, 5) is 24.0. The van der Waals surface area contributed by atoms with Gasteiger partial charge >= 0.3 is 12.1 Å². The summed E-state index contributed by atoms with van der Waals surface area (Å²) in [6, 6.07) is 11.1. The lowest BCUT2D eigenvalue weighted by atomic mass is 10.2. The van der Waals surface area contributed by atoms with E-state index in [1.807, 2.05) is 0 Å². The zero-order chi connectivity index (χ0) is 20.7. The molecule has 5 nitrogen and oxygen atoms in total. The van der Waals surface area contributed by atoms with Crippen molar-refractivity contribution < 1.29 is 32.2 Å². The highest BCUT2D eigenvalue weighted by Crippen LogP contribution is 2.33. The first-order chi connectivity index (χ1) is 13.2. The Balaban J connectivity index is 1.93. The van der Waals surface area contributed by atoms with E-state index in [0.717, 1.165) is 12.1 Å². The number of amides is 1. The van der Waals surface area contributed by atoms with Crippen molar-refractivity contribution in [1.82, 2.24) is 0 Å². The maximum atomic E-state index is 12.8. The van der Waals surface area contributed by atoms with Gasteiger partial charge in [-0.2, -0.15) is 13.2 Å². The van der Waals surface area contributed by atoms with Gasteiger partial charge in [-0.1, -0.05) is 36.7 Å². The van der Waals surface area contributed by atoms with E-state index in [9.17, 15) is 22.8 Å². The molecule has 2 aromatic rings. The maximum absolute atomic E-state index is 12.8. The molecule has 1 amide bonds. The number of hydrogen-bond donors (Lipinski definition) is 1. The number of para-hydroxylation sites is 1. The predicted octanol–water partition coefficient (Wildman–Crippen LogP) is 4.70. The van der Waals surface area contributed by atoms with Crippen LogP contribution in [-0.4, -0.2) is 24.6 Å². The fraction of sp³-hybridized carbons (Fsp3) is 0.263. The summed E-state index contributed by atoms with van der Waals surface area (Å²) in [6.07, 6.45) is -5.21. The Bertz CT molecular complexity index is 828. The van der Waals surface area contributed by atoms with Gasteiger partial charge in [0.15, 0.2) is 12.7 Å². The number of halogens is 4. The minimum Gasteiger partial charge on any atom is -0.479 e. The molecular formula is C19H17ClF3NO4. The van der Waals surface area contributed by atoms with Gasteiger partial charge in [0.1, 0.15) is 5.75 Å². The molecule has 0 saturated heterocycles. The van der Waals surface area contributed by atoms with Gasteiger partial charge < -0.3 is 14.8 Å². The average Bonchev–Trinajstić information content (AvgIpc) is 2.66. The molecule has 0 bridgehead atoms. The summed E-state index contributed by atoms with van der Waals surface area (Å²) < 4.78 is 48.7. The number of carbonyl (C=O) groups is 2. The topological polar surface area (TPSA) is 64.6 Å². The van der Waals surface area contributed by atoms with E-state index in [1.165, 1.54) is 0 Å². The molecule has 0 fully saturated rings. The quantitative estimate of drug-likeness (QED) is 0.666. The molecule has 2 rings (SSSR count). The van der Waals surface area contributed by atoms with E-state index >= 15 is 0 Å². The predicted molar refractivity (Wildman–Crippen MR) is 97.2 cm³/mol. The summed E-state index contributed by atoms with van der Waals surface area (Å²) in [6.45, 7) is 1.01. The van der Waals surface area contributed by atoms with Crippen LogP contribution in [0.15, 0.2) is 48.5 Å². The number of alkyl halides is 3. The van der Waals surface area contributed by atoms with Crippen molar-refractivity contribution in [2.75, 3.05) is 11.9 Å². The van der Waals surface area contributed by atoms with Gasteiger partial charge in [0.25, 0.3) is 5.91 Å². The Kier molecular flexibility index (Phi) is 7.28. The molecule has 0 radical (unpaired) electrons. The molecule has 0 spiro atoms. The summed E-state index contributed by atoms with van der Waals surface area (Å²) in [5, 5.41) is 2.12. The number of esters is 1. The van der Waals surface area contributed by atoms with Crippen LogP contribution in [0.5, 0.6) is 5.75 Å². The van der Waals surface area contributed by atoms with Crippen LogP contribution >= 0.6 is 11.6 Å². The lowest BCUT2D eigenvalue weighted by Crippen LogP contribution is -2.31. The number of nitrogens with one attached hydrogen (secondary N) is 1. The maximum Gasteiger partial charge on any atom is 0.416 e. The van der Waals surface area contributed by atoms with Gasteiger partial charge in [-0.3, -0.25) is 4.79 Å². The van der Waals surface area contributed by atoms with E-state index in [0.29, 0.717) is 18.2 Å². The van der Waals surface area contributed by atoms with Gasteiger partial charge in [0.2, 0.25) is 0 Å². The van der Waals surface area contributed by atoms with Crippen molar-refractivity contribution >= 4 is 29.2 Å². The minimum absolute atomic E-state index is 0.0773. The second kappa shape index (κ2) is 9.45. The van der Waals surface area contributed by atoms with Crippen molar-refractivity contribution in [2.45, 2.75) is 25.6 Å². The zero-order valence-electron chi connectivity index (χ0n) is 14.8. The van der Waals surface area contributed by atoms with Gasteiger partial charge in [-0.05, 0) is 36.8 Å². The second-order valence-corrected chi connectivity index (χ2v) is 6.08. The van der Waals surface area contributed by atoms with Crippen molar-refractivity contribution in [2.24, 2.45) is 0 Å².